The monoisotopic (exact) mass is 295 g/mol. The highest BCUT2D eigenvalue weighted by Crippen LogP contribution is 2.20. The van der Waals surface area contributed by atoms with Gasteiger partial charge >= 0.3 is 0 Å². The molecule has 0 saturated carbocycles. The molecule has 1 aromatic carbocycles. The van der Waals surface area contributed by atoms with Crippen LogP contribution in [0.2, 0.25) is 5.02 Å². The van der Waals surface area contributed by atoms with Crippen molar-refractivity contribution >= 4 is 11.6 Å². The molecule has 0 aliphatic carbocycles. The summed E-state index contributed by atoms with van der Waals surface area (Å²) in [5.41, 5.74) is 0.193. The molecule has 1 aliphatic rings. The summed E-state index contributed by atoms with van der Waals surface area (Å²) in [6.07, 6.45) is 0. The minimum Gasteiger partial charge on any atom is -0.296 e. The Morgan fingerprint density at radius 3 is 2.55 bits per heavy atom. The second-order valence-electron chi connectivity index (χ2n) is 5.67. The Morgan fingerprint density at radius 1 is 1.30 bits per heavy atom. The Kier molecular flexibility index (Phi) is 4.64. The average Bonchev–Trinajstić information content (AvgIpc) is 2.43. The van der Waals surface area contributed by atoms with Gasteiger partial charge in [0.2, 0.25) is 0 Å². The Labute approximate surface area is 124 Å². The van der Waals surface area contributed by atoms with E-state index in [9.17, 15) is 4.39 Å². The Balaban J connectivity index is 1.95. The first-order valence-electron chi connectivity index (χ1n) is 6.75. The van der Waals surface area contributed by atoms with Crippen molar-refractivity contribution in [2.24, 2.45) is 0 Å². The molecule has 0 atom stereocenters. The zero-order valence-corrected chi connectivity index (χ0v) is 12.6. The Morgan fingerprint density at radius 2 is 1.95 bits per heavy atom. The second kappa shape index (κ2) is 6.09. The van der Waals surface area contributed by atoms with Crippen LogP contribution in [0.25, 0.3) is 0 Å². The van der Waals surface area contributed by atoms with Gasteiger partial charge in [-0.05, 0) is 32.0 Å². The summed E-state index contributed by atoms with van der Waals surface area (Å²) in [4.78, 5) is 4.36. The van der Waals surface area contributed by atoms with Crippen molar-refractivity contribution < 1.29 is 4.39 Å². The van der Waals surface area contributed by atoms with Gasteiger partial charge < -0.3 is 0 Å². The predicted octanol–water partition coefficient (Wildman–Crippen LogP) is 2.90. The molecular weight excluding hydrogens is 277 g/mol. The fourth-order valence-corrected chi connectivity index (χ4v) is 2.64. The normalized spacial score (nSPS) is 17.9. The summed E-state index contributed by atoms with van der Waals surface area (Å²) in [5.74, 6) is -0.214. The van der Waals surface area contributed by atoms with E-state index in [1.807, 2.05) is 13.8 Å². The highest BCUT2D eigenvalue weighted by Gasteiger charge is 2.29. The van der Waals surface area contributed by atoms with E-state index < -0.39 is 5.54 Å². The van der Waals surface area contributed by atoms with Crippen LogP contribution in [0.3, 0.4) is 0 Å². The van der Waals surface area contributed by atoms with Crippen molar-refractivity contribution in [1.82, 2.24) is 9.80 Å². The maximum absolute atomic E-state index is 13.7. The van der Waals surface area contributed by atoms with Crippen LogP contribution >= 0.6 is 11.6 Å². The van der Waals surface area contributed by atoms with Gasteiger partial charge in [0.25, 0.3) is 0 Å². The largest absolute Gasteiger partial charge is 0.296 e. The average molecular weight is 296 g/mol. The van der Waals surface area contributed by atoms with Gasteiger partial charge in [-0.3, -0.25) is 9.80 Å². The minimum atomic E-state index is -0.437. The van der Waals surface area contributed by atoms with Crippen LogP contribution in [0.15, 0.2) is 18.2 Å². The second-order valence-corrected chi connectivity index (χ2v) is 6.11. The van der Waals surface area contributed by atoms with Gasteiger partial charge in [-0.25, -0.2) is 4.39 Å². The molecule has 3 nitrogen and oxygen atoms in total. The third-order valence-electron chi connectivity index (χ3n) is 3.84. The fourth-order valence-electron chi connectivity index (χ4n) is 2.44. The minimum absolute atomic E-state index is 0.214. The molecule has 2 rings (SSSR count). The molecule has 0 radical (unpaired) electrons. The molecule has 0 bridgehead atoms. The smallest absolute Gasteiger partial charge is 0.127 e. The highest BCUT2D eigenvalue weighted by atomic mass is 35.5. The molecule has 1 fully saturated rings. The van der Waals surface area contributed by atoms with E-state index in [1.54, 1.807) is 12.1 Å². The lowest BCUT2D eigenvalue weighted by molar-refractivity contribution is 0.0758. The molecular formula is C15H19ClFN3. The molecule has 1 saturated heterocycles. The summed E-state index contributed by atoms with van der Waals surface area (Å²) in [6.45, 7) is 7.73. The molecule has 20 heavy (non-hydrogen) atoms. The summed E-state index contributed by atoms with van der Waals surface area (Å²) in [7, 11) is 0. The Hall–Kier alpha value is -1.15. The van der Waals surface area contributed by atoms with E-state index in [4.69, 9.17) is 16.9 Å². The van der Waals surface area contributed by atoms with E-state index in [-0.39, 0.29) is 5.82 Å². The third-order valence-corrected chi connectivity index (χ3v) is 4.07. The van der Waals surface area contributed by atoms with Gasteiger partial charge in [0.15, 0.2) is 0 Å². The lowest BCUT2D eigenvalue weighted by Crippen LogP contribution is -2.53. The van der Waals surface area contributed by atoms with Gasteiger partial charge in [0.1, 0.15) is 11.4 Å². The number of nitrogens with zero attached hydrogens (tertiary/aromatic N) is 3. The maximum Gasteiger partial charge on any atom is 0.127 e. The number of halogens is 2. The number of rotatable bonds is 3. The van der Waals surface area contributed by atoms with Crippen LogP contribution in [-0.2, 0) is 6.54 Å². The molecule has 0 spiro atoms. The molecule has 5 heteroatoms. The molecule has 108 valence electrons. The van der Waals surface area contributed by atoms with Crippen molar-refractivity contribution in [2.75, 3.05) is 26.2 Å². The van der Waals surface area contributed by atoms with Gasteiger partial charge in [-0.2, -0.15) is 5.26 Å². The highest BCUT2D eigenvalue weighted by molar-refractivity contribution is 6.30. The number of benzene rings is 1. The molecule has 1 aromatic rings. The lowest BCUT2D eigenvalue weighted by Gasteiger charge is -2.40. The molecule has 0 unspecified atom stereocenters. The molecule has 0 amide bonds. The molecule has 0 aromatic heterocycles. The molecule has 1 aliphatic heterocycles. The summed E-state index contributed by atoms with van der Waals surface area (Å²) in [6, 6.07) is 6.98. The third kappa shape index (κ3) is 3.49. The SMILES string of the molecule is CC(C)(C#N)N1CCN(Cc2cc(Cl)ccc2F)CC1. The van der Waals surface area contributed by atoms with Crippen LogP contribution in [0.4, 0.5) is 4.39 Å². The van der Waals surface area contributed by atoms with Crippen LogP contribution in [0.1, 0.15) is 19.4 Å². The van der Waals surface area contributed by atoms with Gasteiger partial charge in [-0.1, -0.05) is 11.6 Å². The maximum atomic E-state index is 13.7. The summed E-state index contributed by atoms with van der Waals surface area (Å²) < 4.78 is 13.7. The standard InChI is InChI=1S/C15H19ClFN3/c1-15(2,11-18)20-7-5-19(6-8-20)10-12-9-13(16)3-4-14(12)17/h3-4,9H,5-8,10H2,1-2H3. The lowest BCUT2D eigenvalue weighted by atomic mass is 10.0. The number of nitriles is 1. The zero-order chi connectivity index (χ0) is 14.8. The van der Waals surface area contributed by atoms with Crippen molar-refractivity contribution in [1.29, 1.82) is 5.26 Å². The van der Waals surface area contributed by atoms with Crippen molar-refractivity contribution in [2.45, 2.75) is 25.9 Å². The van der Waals surface area contributed by atoms with E-state index >= 15 is 0 Å². The number of hydrogen-bond acceptors (Lipinski definition) is 3. The molecule has 0 N–H and O–H groups in total. The van der Waals surface area contributed by atoms with E-state index in [0.29, 0.717) is 17.1 Å². The number of hydrogen-bond donors (Lipinski definition) is 0. The van der Waals surface area contributed by atoms with Gasteiger partial charge in [-0.15, -0.1) is 0 Å². The van der Waals surface area contributed by atoms with Gasteiger partial charge in [0.05, 0.1) is 6.07 Å². The fraction of sp³-hybridized carbons (Fsp3) is 0.533. The van der Waals surface area contributed by atoms with Gasteiger partial charge in [0, 0.05) is 43.3 Å². The zero-order valence-electron chi connectivity index (χ0n) is 11.9. The summed E-state index contributed by atoms with van der Waals surface area (Å²) >= 11 is 5.91. The predicted molar refractivity (Wildman–Crippen MR) is 78.0 cm³/mol. The first-order chi connectivity index (χ1) is 9.42. The van der Waals surface area contributed by atoms with Crippen LogP contribution in [0, 0.1) is 17.1 Å². The first-order valence-corrected chi connectivity index (χ1v) is 7.13. The van der Waals surface area contributed by atoms with E-state index in [1.165, 1.54) is 6.07 Å². The van der Waals surface area contributed by atoms with Crippen LogP contribution in [0.5, 0.6) is 0 Å². The van der Waals surface area contributed by atoms with E-state index in [0.717, 1.165) is 26.2 Å². The van der Waals surface area contributed by atoms with Crippen LogP contribution < -0.4 is 0 Å². The first kappa shape index (κ1) is 15.2. The Bertz CT molecular complexity index is 516. The van der Waals surface area contributed by atoms with Crippen molar-refractivity contribution in [3.8, 4) is 6.07 Å². The van der Waals surface area contributed by atoms with Crippen LogP contribution in [-0.4, -0.2) is 41.5 Å². The summed E-state index contributed by atoms with van der Waals surface area (Å²) in [5, 5.41) is 9.71. The molecule has 1 heterocycles. The number of piperazine rings is 1. The van der Waals surface area contributed by atoms with Crippen molar-refractivity contribution in [3.63, 3.8) is 0 Å². The topological polar surface area (TPSA) is 30.3 Å². The quantitative estimate of drug-likeness (QED) is 0.859. The van der Waals surface area contributed by atoms with E-state index in [2.05, 4.69) is 15.9 Å². The van der Waals surface area contributed by atoms with Crippen molar-refractivity contribution in [3.05, 3.63) is 34.6 Å².